The summed E-state index contributed by atoms with van der Waals surface area (Å²) in [5.74, 6) is 0.624. The van der Waals surface area contributed by atoms with Crippen molar-refractivity contribution in [1.82, 2.24) is 5.32 Å². The molecule has 0 bridgehead atoms. The average Bonchev–Trinajstić information content (AvgIpc) is 2.42. The van der Waals surface area contributed by atoms with E-state index in [1.165, 1.54) is 12.1 Å². The Bertz CT molecular complexity index is 635. The Morgan fingerprint density at radius 3 is 2.64 bits per heavy atom. The quantitative estimate of drug-likeness (QED) is 0.894. The minimum absolute atomic E-state index is 0. The molecule has 6 heteroatoms. The maximum atomic E-state index is 13.4. The van der Waals surface area contributed by atoms with Crippen LogP contribution in [0.3, 0.4) is 0 Å². The van der Waals surface area contributed by atoms with Crippen molar-refractivity contribution in [3.63, 3.8) is 0 Å². The van der Waals surface area contributed by atoms with Gasteiger partial charge in [0.05, 0.1) is 0 Å². The van der Waals surface area contributed by atoms with Crippen molar-refractivity contribution in [2.75, 3.05) is 13.1 Å². The van der Waals surface area contributed by atoms with Gasteiger partial charge < -0.3 is 14.8 Å². The fourth-order valence-electron chi connectivity index (χ4n) is 2.01. The predicted octanol–water partition coefficient (Wildman–Crippen LogP) is 3.83. The Balaban J connectivity index is 0.00000176. The molecule has 0 amide bonds. The van der Waals surface area contributed by atoms with E-state index >= 15 is 0 Å². The van der Waals surface area contributed by atoms with E-state index in [0.29, 0.717) is 23.1 Å². The molecule has 0 spiro atoms. The molecule has 0 unspecified atom stereocenters. The molecular formula is C16H16Cl2FNO2. The highest BCUT2D eigenvalue weighted by Gasteiger charge is 2.20. The van der Waals surface area contributed by atoms with Gasteiger partial charge in [-0.25, -0.2) is 4.39 Å². The number of ether oxygens (including phenoxy) is 2. The smallest absolute Gasteiger partial charge is 0.164 e. The molecule has 2 aromatic carbocycles. The van der Waals surface area contributed by atoms with Crippen molar-refractivity contribution in [2.24, 2.45) is 0 Å². The van der Waals surface area contributed by atoms with Gasteiger partial charge in [0.15, 0.2) is 11.5 Å². The van der Waals surface area contributed by atoms with Gasteiger partial charge in [-0.1, -0.05) is 23.7 Å². The molecule has 0 atom stereocenters. The zero-order valence-corrected chi connectivity index (χ0v) is 13.3. The maximum absolute atomic E-state index is 13.4. The van der Waals surface area contributed by atoms with Crippen LogP contribution in [0.5, 0.6) is 11.5 Å². The number of nitrogens with one attached hydrogen (secondary N) is 1. The van der Waals surface area contributed by atoms with Crippen molar-refractivity contribution in [3.05, 3.63) is 58.9 Å². The van der Waals surface area contributed by atoms with E-state index in [2.05, 4.69) is 5.32 Å². The Morgan fingerprint density at radius 2 is 1.95 bits per heavy atom. The van der Waals surface area contributed by atoms with Crippen molar-refractivity contribution in [1.29, 1.82) is 0 Å². The maximum Gasteiger partial charge on any atom is 0.164 e. The zero-order valence-electron chi connectivity index (χ0n) is 11.7. The third kappa shape index (κ3) is 4.26. The van der Waals surface area contributed by atoms with Crippen LogP contribution in [0.25, 0.3) is 0 Å². The Morgan fingerprint density at radius 1 is 1.14 bits per heavy atom. The third-order valence-electron chi connectivity index (χ3n) is 3.23. The summed E-state index contributed by atoms with van der Waals surface area (Å²) in [7, 11) is 0. The normalized spacial score (nSPS) is 13.9. The molecular weight excluding hydrogens is 328 g/mol. The minimum atomic E-state index is -0.340. The van der Waals surface area contributed by atoms with Gasteiger partial charge in [-0.3, -0.25) is 0 Å². The summed E-state index contributed by atoms with van der Waals surface area (Å²) in [5, 5.41) is 3.76. The van der Waals surface area contributed by atoms with Crippen LogP contribution >= 0.6 is 24.0 Å². The van der Waals surface area contributed by atoms with E-state index in [9.17, 15) is 4.39 Å². The fourth-order valence-corrected chi connectivity index (χ4v) is 2.22. The summed E-state index contributed by atoms with van der Waals surface area (Å²) in [6, 6.07) is 11.7. The molecule has 0 radical (unpaired) electrons. The van der Waals surface area contributed by atoms with Gasteiger partial charge in [0.2, 0.25) is 0 Å². The molecule has 1 N–H and O–H groups in total. The number of hydrogen-bond donors (Lipinski definition) is 1. The predicted molar refractivity (Wildman–Crippen MR) is 86.7 cm³/mol. The molecule has 3 rings (SSSR count). The van der Waals surface area contributed by atoms with Crippen LogP contribution in [0.4, 0.5) is 4.39 Å². The van der Waals surface area contributed by atoms with Gasteiger partial charge in [0.1, 0.15) is 18.5 Å². The minimum Gasteiger partial charge on any atom is -0.485 e. The topological polar surface area (TPSA) is 30.5 Å². The molecule has 1 saturated heterocycles. The van der Waals surface area contributed by atoms with E-state index in [-0.39, 0.29) is 24.3 Å². The van der Waals surface area contributed by atoms with Crippen molar-refractivity contribution in [2.45, 2.75) is 12.7 Å². The van der Waals surface area contributed by atoms with Crippen molar-refractivity contribution in [3.8, 4) is 11.5 Å². The van der Waals surface area contributed by atoms with Crippen LogP contribution in [0.15, 0.2) is 42.5 Å². The third-order valence-corrected chi connectivity index (χ3v) is 3.46. The molecule has 0 aliphatic carbocycles. The lowest BCUT2D eigenvalue weighted by Crippen LogP contribution is -2.50. The summed E-state index contributed by atoms with van der Waals surface area (Å²) in [5.41, 5.74) is 0.947. The van der Waals surface area contributed by atoms with Gasteiger partial charge in [-0.05, 0) is 29.8 Å². The second-order valence-electron chi connectivity index (χ2n) is 4.91. The lowest BCUT2D eigenvalue weighted by molar-refractivity contribution is 0.134. The summed E-state index contributed by atoms with van der Waals surface area (Å²) < 4.78 is 24.8. The Kier molecular flexibility index (Phi) is 5.89. The van der Waals surface area contributed by atoms with Gasteiger partial charge in [0, 0.05) is 24.2 Å². The highest BCUT2D eigenvalue weighted by atomic mass is 35.5. The lowest BCUT2D eigenvalue weighted by Gasteiger charge is -2.28. The first-order chi connectivity index (χ1) is 10.2. The van der Waals surface area contributed by atoms with E-state index in [4.69, 9.17) is 21.1 Å². The lowest BCUT2D eigenvalue weighted by atomic mass is 10.2. The summed E-state index contributed by atoms with van der Waals surface area (Å²) in [4.78, 5) is 0. The second kappa shape index (κ2) is 7.68. The first-order valence-electron chi connectivity index (χ1n) is 6.75. The number of benzene rings is 2. The highest BCUT2D eigenvalue weighted by molar-refractivity contribution is 6.30. The molecule has 3 nitrogen and oxygen atoms in total. The van der Waals surface area contributed by atoms with Crippen LogP contribution in [0.2, 0.25) is 5.02 Å². The largest absolute Gasteiger partial charge is 0.485 e. The molecule has 1 aliphatic heterocycles. The monoisotopic (exact) mass is 343 g/mol. The fraction of sp³-hybridized carbons (Fsp3) is 0.250. The summed E-state index contributed by atoms with van der Waals surface area (Å²) in [6.45, 7) is 1.89. The van der Waals surface area contributed by atoms with Crippen LogP contribution < -0.4 is 14.8 Å². The van der Waals surface area contributed by atoms with E-state index in [1.54, 1.807) is 12.1 Å². The highest BCUT2D eigenvalue weighted by Crippen LogP contribution is 2.30. The van der Waals surface area contributed by atoms with Crippen molar-refractivity contribution >= 4 is 24.0 Å². The number of halogens is 3. The van der Waals surface area contributed by atoms with Crippen LogP contribution in [0.1, 0.15) is 5.56 Å². The summed E-state index contributed by atoms with van der Waals surface area (Å²) in [6.07, 6.45) is 0.0697. The standard InChI is InChI=1S/C16H15ClFNO2.ClH/c17-12-3-1-2-11(6-12)10-20-15-5-4-13(18)7-16(15)21-14-8-19-9-14;/h1-7,14,19H,8-10H2;1H. The molecule has 2 aromatic rings. The molecule has 0 aromatic heterocycles. The van der Waals surface area contributed by atoms with Gasteiger partial charge >= 0.3 is 0 Å². The average molecular weight is 344 g/mol. The van der Waals surface area contributed by atoms with Crippen LogP contribution in [-0.4, -0.2) is 19.2 Å². The molecule has 0 saturated carbocycles. The second-order valence-corrected chi connectivity index (χ2v) is 5.34. The molecule has 118 valence electrons. The Labute approximate surface area is 139 Å². The molecule has 22 heavy (non-hydrogen) atoms. The molecule has 1 heterocycles. The number of rotatable bonds is 5. The van der Waals surface area contributed by atoms with Gasteiger partial charge in [-0.15, -0.1) is 12.4 Å². The number of hydrogen-bond acceptors (Lipinski definition) is 3. The van der Waals surface area contributed by atoms with Crippen LogP contribution in [-0.2, 0) is 6.61 Å². The van der Waals surface area contributed by atoms with E-state index in [1.807, 2.05) is 18.2 Å². The van der Waals surface area contributed by atoms with E-state index in [0.717, 1.165) is 18.7 Å². The van der Waals surface area contributed by atoms with Gasteiger partial charge in [0.25, 0.3) is 0 Å². The zero-order chi connectivity index (χ0) is 14.7. The van der Waals surface area contributed by atoms with Gasteiger partial charge in [-0.2, -0.15) is 0 Å². The first kappa shape index (κ1) is 16.9. The van der Waals surface area contributed by atoms with E-state index < -0.39 is 0 Å². The SMILES string of the molecule is Cl.Fc1ccc(OCc2cccc(Cl)c2)c(OC2CNC2)c1. The molecule has 1 aliphatic rings. The summed E-state index contributed by atoms with van der Waals surface area (Å²) >= 11 is 5.94. The Hall–Kier alpha value is -1.49. The van der Waals surface area contributed by atoms with Crippen LogP contribution in [0, 0.1) is 5.82 Å². The first-order valence-corrected chi connectivity index (χ1v) is 7.13. The molecule has 1 fully saturated rings. The van der Waals surface area contributed by atoms with Crippen molar-refractivity contribution < 1.29 is 13.9 Å².